The summed E-state index contributed by atoms with van der Waals surface area (Å²) in [6.45, 7) is 11.3. The molecule has 25 nitrogen and oxygen atoms in total. The number of guanidine groups is 2. The second-order valence-corrected chi connectivity index (χ2v) is 18.1. The Bertz CT molecular complexity index is 2280. The van der Waals surface area contributed by atoms with Crippen molar-refractivity contribution >= 4 is 65.2 Å². The van der Waals surface area contributed by atoms with Gasteiger partial charge in [0.1, 0.15) is 35.9 Å². The number of hydrogen-bond acceptors (Lipinski definition) is 12. The van der Waals surface area contributed by atoms with E-state index < -0.39 is 120 Å². The highest BCUT2D eigenvalue weighted by Crippen LogP contribution is 2.19. The zero-order valence-electron chi connectivity index (χ0n) is 43.1. The number of carboxylic acids is 2. The quantitative estimate of drug-likeness (QED) is 0.0250. The van der Waals surface area contributed by atoms with Gasteiger partial charge in [0.15, 0.2) is 11.9 Å². The molecule has 0 radical (unpaired) electrons. The van der Waals surface area contributed by atoms with Crippen molar-refractivity contribution in [3.8, 4) is 0 Å². The minimum absolute atomic E-state index is 0.00502. The first-order valence-electron chi connectivity index (χ1n) is 24.1. The number of nitrogens with zero attached hydrogens (tertiary/aromatic N) is 3. The van der Waals surface area contributed by atoms with Crippen molar-refractivity contribution in [2.75, 3.05) is 27.2 Å². The van der Waals surface area contributed by atoms with Gasteiger partial charge >= 0.3 is 11.9 Å². The standard InChI is InChI=1S/C49H75N13O12/c1-26(24-27(2)37(74-8)25-32-14-10-9-11-15-32)18-19-33-28(3)40(65)60-36(20-21-38(63)64)46(71)62(7)31(6)43(68)56-30(5)42(67)59-35(17-13-23-55-49(52)53)45(70)61-39(47(72)73)29(4)41(66)58-34(44(69)57-33)16-12-22-54-48(50)51/h9-11,14-15,18-19,24,27-30,33-37,39H,6,12-13,16-17,20-23,25H2,1-5,7-8H3,(H,56,68)(H,57,69)(H,58,66)(H,59,67)(H,60,65)(H,61,70)(H,63,64)(H,72,73)(H4,50,51,54)(H4,52,53,55)/b19-18+,26-24+/t27?,28?,29-,30+,33?,34?,35-,36+,37?,39?/m0/s1. The highest BCUT2D eigenvalue weighted by Gasteiger charge is 2.38. The molecule has 1 fully saturated rings. The summed E-state index contributed by atoms with van der Waals surface area (Å²) in [6.07, 6.45) is 4.31. The molecule has 10 atom stereocenters. The van der Waals surface area contributed by atoms with Crippen molar-refractivity contribution in [2.45, 2.75) is 122 Å². The molecule has 74 heavy (non-hydrogen) atoms. The van der Waals surface area contributed by atoms with Gasteiger partial charge in [-0.15, -0.1) is 0 Å². The maximum atomic E-state index is 14.5. The van der Waals surface area contributed by atoms with Crippen molar-refractivity contribution in [1.82, 2.24) is 36.8 Å². The molecule has 0 bridgehead atoms. The maximum absolute atomic E-state index is 14.5. The largest absolute Gasteiger partial charge is 0.481 e. The molecular formula is C49H75N13O12. The van der Waals surface area contributed by atoms with Crippen LogP contribution in [0.15, 0.2) is 76.4 Å². The third-order valence-corrected chi connectivity index (χ3v) is 12.2. The predicted octanol–water partition coefficient (Wildman–Crippen LogP) is -1.37. The van der Waals surface area contributed by atoms with Gasteiger partial charge in [-0.3, -0.25) is 48.3 Å². The Hall–Kier alpha value is -7.83. The van der Waals surface area contributed by atoms with Gasteiger partial charge in [-0.25, -0.2) is 4.79 Å². The minimum Gasteiger partial charge on any atom is -0.481 e. The fourth-order valence-corrected chi connectivity index (χ4v) is 7.57. The van der Waals surface area contributed by atoms with Gasteiger partial charge < -0.3 is 74.7 Å². The molecule has 1 aromatic rings. The van der Waals surface area contributed by atoms with Crippen LogP contribution in [0.3, 0.4) is 0 Å². The first-order chi connectivity index (χ1) is 34.8. The Morgan fingerprint density at radius 1 is 0.757 bits per heavy atom. The summed E-state index contributed by atoms with van der Waals surface area (Å²) in [5.74, 6) is -13.1. The van der Waals surface area contributed by atoms with Gasteiger partial charge in [-0.1, -0.05) is 81.5 Å². The number of amides is 7. The molecule has 16 N–H and O–H groups in total. The van der Waals surface area contributed by atoms with Crippen LogP contribution in [-0.4, -0.2) is 150 Å². The second kappa shape index (κ2) is 30.9. The van der Waals surface area contributed by atoms with E-state index in [0.29, 0.717) is 12.0 Å². The molecule has 0 aliphatic carbocycles. The van der Waals surface area contributed by atoms with E-state index in [4.69, 9.17) is 27.7 Å². The lowest BCUT2D eigenvalue weighted by Crippen LogP contribution is -2.58. The molecule has 1 heterocycles. The van der Waals surface area contributed by atoms with E-state index in [-0.39, 0.29) is 62.7 Å². The topological polar surface area (TPSA) is 408 Å². The number of nitrogens with two attached hydrogens (primary N) is 4. The fraction of sp³-hybridized carbons (Fsp3) is 0.531. The molecule has 1 aliphatic rings. The summed E-state index contributed by atoms with van der Waals surface area (Å²) in [4.78, 5) is 131. The highest BCUT2D eigenvalue weighted by atomic mass is 16.5. The number of ether oxygens (including phenoxy) is 1. The first-order valence-corrected chi connectivity index (χ1v) is 24.1. The number of carboxylic acid groups (broad SMARTS) is 2. The monoisotopic (exact) mass is 1040 g/mol. The minimum atomic E-state index is -1.93. The molecule has 1 aromatic carbocycles. The van der Waals surface area contributed by atoms with Crippen molar-refractivity contribution in [3.63, 3.8) is 0 Å². The van der Waals surface area contributed by atoms with E-state index >= 15 is 0 Å². The number of carbonyl (C=O) groups is 9. The number of hydrogen-bond donors (Lipinski definition) is 12. The fourth-order valence-electron chi connectivity index (χ4n) is 7.57. The molecule has 1 aliphatic heterocycles. The molecule has 2 rings (SSSR count). The van der Waals surface area contributed by atoms with Crippen molar-refractivity contribution in [3.05, 3.63) is 72.0 Å². The second-order valence-electron chi connectivity index (χ2n) is 18.1. The number of aliphatic carboxylic acids is 2. The van der Waals surface area contributed by atoms with Crippen molar-refractivity contribution in [2.24, 2.45) is 50.7 Å². The average Bonchev–Trinajstić information content (AvgIpc) is 3.34. The number of nitrogens with one attached hydrogen (secondary N) is 6. The number of methoxy groups -OCH3 is 1. The number of rotatable bonds is 19. The SMILES string of the molecule is C=C1C(=O)N[C@H](C)C(=O)N[C@@H](CCCN=C(N)N)C(=O)NC(C(=O)O)[C@H](C)C(=O)NC(CCCN=C(N)N)C(=O)NC(/C=C/C(C)=C/C(C)C(Cc2ccccc2)OC)C(C)C(=O)N[C@H](CCC(=O)O)C(=O)N1C. The van der Waals surface area contributed by atoms with Gasteiger partial charge in [0, 0.05) is 39.6 Å². The first kappa shape index (κ1) is 62.3. The molecule has 408 valence electrons. The number of carbonyl (C=O) groups excluding carboxylic acids is 7. The van der Waals surface area contributed by atoms with Crippen LogP contribution in [0.5, 0.6) is 0 Å². The molecular weight excluding hydrogens is 963 g/mol. The molecule has 0 saturated carbocycles. The summed E-state index contributed by atoms with van der Waals surface area (Å²) < 4.78 is 5.82. The Balaban J connectivity index is 2.81. The molecule has 0 aromatic heterocycles. The Kier molecular flexibility index (Phi) is 26.0. The third-order valence-electron chi connectivity index (χ3n) is 12.2. The lowest BCUT2D eigenvalue weighted by atomic mass is 9.94. The van der Waals surface area contributed by atoms with Crippen LogP contribution < -0.4 is 54.8 Å². The Labute approximate surface area is 430 Å². The normalized spacial score (nSPS) is 24.3. The summed E-state index contributed by atoms with van der Waals surface area (Å²) in [7, 11) is 2.75. The van der Waals surface area contributed by atoms with Gasteiger partial charge in [-0.2, -0.15) is 0 Å². The lowest BCUT2D eigenvalue weighted by molar-refractivity contribution is -0.146. The van der Waals surface area contributed by atoms with Gasteiger partial charge in [0.05, 0.1) is 24.0 Å². The van der Waals surface area contributed by atoms with E-state index in [9.17, 15) is 53.4 Å². The molecule has 0 spiro atoms. The molecule has 1 saturated heterocycles. The van der Waals surface area contributed by atoms with Crippen LogP contribution in [0.4, 0.5) is 0 Å². The number of likely N-dealkylation sites (N-methyl/N-ethyl adjacent to an activating group) is 1. The predicted molar refractivity (Wildman–Crippen MR) is 275 cm³/mol. The van der Waals surface area contributed by atoms with Gasteiger partial charge in [0.2, 0.25) is 35.4 Å². The van der Waals surface area contributed by atoms with Crippen LogP contribution in [0.2, 0.25) is 0 Å². The molecule has 25 heteroatoms. The summed E-state index contributed by atoms with van der Waals surface area (Å²) >= 11 is 0. The molecule has 7 amide bonds. The van der Waals surface area contributed by atoms with Crippen LogP contribution >= 0.6 is 0 Å². The number of allylic oxidation sites excluding steroid dienone is 2. The summed E-state index contributed by atoms with van der Waals surface area (Å²) in [5, 5.41) is 35.0. The highest BCUT2D eigenvalue weighted by molar-refractivity contribution is 6.01. The van der Waals surface area contributed by atoms with E-state index in [1.807, 2.05) is 43.3 Å². The van der Waals surface area contributed by atoms with Crippen LogP contribution in [0, 0.1) is 17.8 Å². The van der Waals surface area contributed by atoms with Crippen LogP contribution in [0.25, 0.3) is 0 Å². The van der Waals surface area contributed by atoms with E-state index in [1.165, 1.54) is 26.8 Å². The number of aliphatic imine (C=N–C) groups is 2. The summed E-state index contributed by atoms with van der Waals surface area (Å²) in [5.41, 5.74) is 23.1. The maximum Gasteiger partial charge on any atom is 0.327 e. The van der Waals surface area contributed by atoms with Crippen molar-refractivity contribution < 1.29 is 58.1 Å². The Morgan fingerprint density at radius 3 is 1.81 bits per heavy atom. The number of benzene rings is 1. The average molecular weight is 1040 g/mol. The van der Waals surface area contributed by atoms with Gasteiger partial charge in [0.25, 0.3) is 5.91 Å². The lowest BCUT2D eigenvalue weighted by Gasteiger charge is -2.29. The summed E-state index contributed by atoms with van der Waals surface area (Å²) in [6, 6.07) is 0.671. The third kappa shape index (κ3) is 21.1. The van der Waals surface area contributed by atoms with Gasteiger partial charge in [-0.05, 0) is 57.9 Å². The van der Waals surface area contributed by atoms with E-state index in [2.05, 4.69) is 48.5 Å². The zero-order chi connectivity index (χ0) is 55.8. The van der Waals surface area contributed by atoms with E-state index in [1.54, 1.807) is 20.1 Å². The van der Waals surface area contributed by atoms with Crippen LogP contribution in [-0.2, 0) is 54.3 Å². The molecule has 6 unspecified atom stereocenters. The van der Waals surface area contributed by atoms with E-state index in [0.717, 1.165) is 17.5 Å². The van der Waals surface area contributed by atoms with Crippen molar-refractivity contribution in [1.29, 1.82) is 0 Å². The smallest absolute Gasteiger partial charge is 0.327 e. The van der Waals surface area contributed by atoms with Crippen LogP contribution in [0.1, 0.15) is 78.7 Å². The Morgan fingerprint density at radius 2 is 1.28 bits per heavy atom. The zero-order valence-corrected chi connectivity index (χ0v) is 43.1.